The van der Waals surface area contributed by atoms with Gasteiger partial charge in [-0.15, -0.1) is 0 Å². The first-order valence-corrected chi connectivity index (χ1v) is 7.18. The van der Waals surface area contributed by atoms with Gasteiger partial charge in [0.05, 0.1) is 6.04 Å². The van der Waals surface area contributed by atoms with Gasteiger partial charge in [0.2, 0.25) is 5.91 Å². The number of fused-ring (bicyclic) bond motifs is 1. The molecule has 0 saturated heterocycles. The predicted molar refractivity (Wildman–Crippen MR) is 79.9 cm³/mol. The SMILES string of the molecule is Cc1cc(NC(=O)[C@H](C)N2CCc3ccccc3C2)no1. The minimum Gasteiger partial charge on any atom is -0.360 e. The van der Waals surface area contributed by atoms with Crippen LogP contribution in [0.25, 0.3) is 0 Å². The Bertz CT molecular complexity index is 650. The second kappa shape index (κ2) is 5.69. The van der Waals surface area contributed by atoms with Crippen molar-refractivity contribution in [3.05, 3.63) is 47.2 Å². The maximum absolute atomic E-state index is 12.3. The zero-order chi connectivity index (χ0) is 14.8. The summed E-state index contributed by atoms with van der Waals surface area (Å²) in [7, 11) is 0. The Morgan fingerprint density at radius 2 is 2.14 bits per heavy atom. The Kier molecular flexibility index (Phi) is 3.75. The molecule has 1 aromatic carbocycles. The molecule has 1 atom stereocenters. The Balaban J connectivity index is 1.66. The fourth-order valence-corrected chi connectivity index (χ4v) is 2.67. The third-order valence-electron chi connectivity index (χ3n) is 3.97. The number of carbonyl (C=O) groups excluding carboxylic acids is 1. The van der Waals surface area contributed by atoms with E-state index in [1.807, 2.05) is 13.0 Å². The highest BCUT2D eigenvalue weighted by Gasteiger charge is 2.25. The first-order chi connectivity index (χ1) is 10.1. The van der Waals surface area contributed by atoms with Gasteiger partial charge in [0.25, 0.3) is 0 Å². The lowest BCUT2D eigenvalue weighted by Gasteiger charge is -2.32. The largest absolute Gasteiger partial charge is 0.360 e. The van der Waals surface area contributed by atoms with Crippen LogP contribution < -0.4 is 5.32 Å². The summed E-state index contributed by atoms with van der Waals surface area (Å²) >= 11 is 0. The molecule has 0 radical (unpaired) electrons. The number of benzene rings is 1. The number of nitrogens with one attached hydrogen (secondary N) is 1. The topological polar surface area (TPSA) is 58.4 Å². The van der Waals surface area contributed by atoms with Gasteiger partial charge < -0.3 is 9.84 Å². The van der Waals surface area contributed by atoms with Crippen LogP contribution >= 0.6 is 0 Å². The van der Waals surface area contributed by atoms with E-state index < -0.39 is 0 Å². The van der Waals surface area contributed by atoms with Gasteiger partial charge in [-0.05, 0) is 31.4 Å². The average molecular weight is 285 g/mol. The van der Waals surface area contributed by atoms with Crippen molar-refractivity contribution in [3.8, 4) is 0 Å². The number of carbonyl (C=O) groups is 1. The number of nitrogens with zero attached hydrogens (tertiary/aromatic N) is 2. The van der Waals surface area contributed by atoms with E-state index in [4.69, 9.17) is 4.52 Å². The number of hydrogen-bond donors (Lipinski definition) is 1. The van der Waals surface area contributed by atoms with Gasteiger partial charge in [0.15, 0.2) is 5.82 Å². The van der Waals surface area contributed by atoms with Crippen LogP contribution in [0, 0.1) is 6.92 Å². The molecule has 0 saturated carbocycles. The third-order valence-corrected chi connectivity index (χ3v) is 3.97. The lowest BCUT2D eigenvalue weighted by molar-refractivity contribution is -0.121. The van der Waals surface area contributed by atoms with Crippen LogP contribution in [0.15, 0.2) is 34.9 Å². The first kappa shape index (κ1) is 13.8. The normalized spacial score (nSPS) is 16.3. The number of aromatic nitrogens is 1. The van der Waals surface area contributed by atoms with E-state index in [2.05, 4.69) is 33.6 Å². The van der Waals surface area contributed by atoms with Gasteiger partial charge >= 0.3 is 0 Å². The molecule has 0 fully saturated rings. The van der Waals surface area contributed by atoms with Crippen LogP contribution in [0.4, 0.5) is 5.82 Å². The summed E-state index contributed by atoms with van der Waals surface area (Å²) in [6.07, 6.45) is 0.983. The van der Waals surface area contributed by atoms with Gasteiger partial charge in [-0.25, -0.2) is 0 Å². The number of rotatable bonds is 3. The number of amides is 1. The van der Waals surface area contributed by atoms with Crippen molar-refractivity contribution in [2.75, 3.05) is 11.9 Å². The fraction of sp³-hybridized carbons (Fsp3) is 0.375. The maximum Gasteiger partial charge on any atom is 0.242 e. The highest BCUT2D eigenvalue weighted by atomic mass is 16.5. The van der Waals surface area contributed by atoms with Gasteiger partial charge in [0, 0.05) is 19.2 Å². The van der Waals surface area contributed by atoms with E-state index in [0.717, 1.165) is 19.5 Å². The molecule has 0 spiro atoms. The van der Waals surface area contributed by atoms with Crippen LogP contribution in [0.2, 0.25) is 0 Å². The van der Waals surface area contributed by atoms with E-state index in [1.54, 1.807) is 13.0 Å². The minimum atomic E-state index is -0.199. The van der Waals surface area contributed by atoms with Gasteiger partial charge in [0.1, 0.15) is 5.76 Å². The van der Waals surface area contributed by atoms with Crippen molar-refractivity contribution in [2.24, 2.45) is 0 Å². The molecular formula is C16H19N3O2. The maximum atomic E-state index is 12.3. The number of aryl methyl sites for hydroxylation is 1. The van der Waals surface area contributed by atoms with E-state index >= 15 is 0 Å². The second-order valence-corrected chi connectivity index (χ2v) is 5.48. The molecule has 21 heavy (non-hydrogen) atoms. The quantitative estimate of drug-likeness (QED) is 0.940. The zero-order valence-electron chi connectivity index (χ0n) is 12.3. The van der Waals surface area contributed by atoms with Crippen LogP contribution in [0.5, 0.6) is 0 Å². The van der Waals surface area contributed by atoms with Crippen molar-refractivity contribution < 1.29 is 9.32 Å². The molecule has 2 heterocycles. The fourth-order valence-electron chi connectivity index (χ4n) is 2.67. The molecular weight excluding hydrogens is 266 g/mol. The predicted octanol–water partition coefficient (Wildman–Crippen LogP) is 2.37. The Hall–Kier alpha value is -2.14. The van der Waals surface area contributed by atoms with Crippen molar-refractivity contribution in [2.45, 2.75) is 32.9 Å². The third kappa shape index (κ3) is 2.97. The minimum absolute atomic E-state index is 0.0531. The summed E-state index contributed by atoms with van der Waals surface area (Å²) < 4.78 is 4.96. The Morgan fingerprint density at radius 1 is 1.38 bits per heavy atom. The summed E-state index contributed by atoms with van der Waals surface area (Å²) in [5.41, 5.74) is 2.69. The lowest BCUT2D eigenvalue weighted by Crippen LogP contribution is -2.44. The van der Waals surface area contributed by atoms with E-state index in [9.17, 15) is 4.79 Å². The summed E-state index contributed by atoms with van der Waals surface area (Å²) in [5, 5.41) is 6.59. The highest BCUT2D eigenvalue weighted by Crippen LogP contribution is 2.20. The van der Waals surface area contributed by atoms with Gasteiger partial charge in [-0.2, -0.15) is 0 Å². The summed E-state index contributed by atoms with van der Waals surface area (Å²) in [4.78, 5) is 14.5. The molecule has 110 valence electrons. The summed E-state index contributed by atoms with van der Waals surface area (Å²) in [6.45, 7) is 5.43. The smallest absolute Gasteiger partial charge is 0.242 e. The van der Waals surface area contributed by atoms with E-state index in [-0.39, 0.29) is 11.9 Å². The van der Waals surface area contributed by atoms with Gasteiger partial charge in [-0.1, -0.05) is 29.4 Å². The molecule has 1 aromatic heterocycles. The highest BCUT2D eigenvalue weighted by molar-refractivity contribution is 5.93. The summed E-state index contributed by atoms with van der Waals surface area (Å²) in [5.74, 6) is 1.11. The molecule has 0 aliphatic carbocycles. The molecule has 2 aromatic rings. The van der Waals surface area contributed by atoms with Crippen molar-refractivity contribution in [1.82, 2.24) is 10.1 Å². The average Bonchev–Trinajstić information content (AvgIpc) is 2.91. The van der Waals surface area contributed by atoms with Crippen LogP contribution in [-0.4, -0.2) is 28.6 Å². The van der Waals surface area contributed by atoms with Crippen LogP contribution in [0.3, 0.4) is 0 Å². The monoisotopic (exact) mass is 285 g/mol. The van der Waals surface area contributed by atoms with Crippen molar-refractivity contribution in [1.29, 1.82) is 0 Å². The molecule has 1 aliphatic heterocycles. The second-order valence-electron chi connectivity index (χ2n) is 5.48. The van der Waals surface area contributed by atoms with Crippen LogP contribution in [0.1, 0.15) is 23.8 Å². The molecule has 3 rings (SSSR count). The molecule has 0 unspecified atom stereocenters. The van der Waals surface area contributed by atoms with Crippen molar-refractivity contribution >= 4 is 11.7 Å². The zero-order valence-corrected chi connectivity index (χ0v) is 12.3. The standard InChI is InChI=1S/C16H19N3O2/c1-11-9-15(18-21-11)17-16(20)12(2)19-8-7-13-5-3-4-6-14(13)10-19/h3-6,9,12H,7-8,10H2,1-2H3,(H,17,18,20)/t12-/m0/s1. The van der Waals surface area contributed by atoms with Crippen LogP contribution in [-0.2, 0) is 17.8 Å². The molecule has 1 aliphatic rings. The van der Waals surface area contributed by atoms with Gasteiger partial charge in [-0.3, -0.25) is 9.69 Å². The summed E-state index contributed by atoms with van der Waals surface area (Å²) in [6, 6.07) is 9.93. The van der Waals surface area contributed by atoms with E-state index in [0.29, 0.717) is 11.6 Å². The molecule has 5 heteroatoms. The molecule has 1 N–H and O–H groups in total. The molecule has 5 nitrogen and oxygen atoms in total. The van der Waals surface area contributed by atoms with Crippen molar-refractivity contribution in [3.63, 3.8) is 0 Å². The molecule has 0 bridgehead atoms. The number of hydrogen-bond acceptors (Lipinski definition) is 4. The Labute approximate surface area is 123 Å². The number of anilines is 1. The first-order valence-electron chi connectivity index (χ1n) is 7.18. The van der Waals surface area contributed by atoms with E-state index in [1.165, 1.54) is 11.1 Å². The molecule has 1 amide bonds. The lowest BCUT2D eigenvalue weighted by atomic mass is 9.99. The Morgan fingerprint density at radius 3 is 2.86 bits per heavy atom.